The molecule has 24 heavy (non-hydrogen) atoms. The maximum atomic E-state index is 13.1. The molecule has 1 aromatic carbocycles. The van der Waals surface area contributed by atoms with Crippen LogP contribution in [0.3, 0.4) is 0 Å². The van der Waals surface area contributed by atoms with Crippen LogP contribution >= 0.6 is 35.3 Å². The fraction of sp³-hybridized carbons (Fsp3) is 0.412. The Morgan fingerprint density at radius 3 is 2.71 bits per heavy atom. The monoisotopic (exact) mass is 462 g/mol. The van der Waals surface area contributed by atoms with Crippen molar-refractivity contribution in [1.29, 1.82) is 0 Å². The lowest BCUT2D eigenvalue weighted by atomic mass is 10.1. The molecular weight excluding hydrogens is 438 g/mol. The number of nitrogens with zero attached hydrogens (tertiary/aromatic N) is 2. The van der Waals surface area contributed by atoms with Gasteiger partial charge in [-0.1, -0.05) is 12.1 Å². The molecule has 1 heterocycles. The second-order valence-corrected chi connectivity index (χ2v) is 6.33. The van der Waals surface area contributed by atoms with Crippen LogP contribution in [0.2, 0.25) is 0 Å². The molecule has 0 aliphatic rings. The molecule has 2 aromatic rings. The summed E-state index contributed by atoms with van der Waals surface area (Å²) in [7, 11) is 1.76. The van der Waals surface area contributed by atoms with E-state index in [-0.39, 0.29) is 29.8 Å². The molecule has 0 amide bonds. The van der Waals surface area contributed by atoms with Gasteiger partial charge < -0.3 is 10.6 Å². The lowest BCUT2D eigenvalue weighted by Crippen LogP contribution is -2.38. The SMILES string of the molecule is CN=C(NCCCc1cccc(F)c1)NCCc1csc(C)n1.I. The highest BCUT2D eigenvalue weighted by atomic mass is 127. The second-order valence-electron chi connectivity index (χ2n) is 5.27. The van der Waals surface area contributed by atoms with Crippen LogP contribution < -0.4 is 10.6 Å². The van der Waals surface area contributed by atoms with E-state index < -0.39 is 0 Å². The van der Waals surface area contributed by atoms with E-state index in [1.165, 1.54) is 6.07 Å². The topological polar surface area (TPSA) is 49.3 Å². The van der Waals surface area contributed by atoms with Crippen molar-refractivity contribution >= 4 is 41.3 Å². The van der Waals surface area contributed by atoms with Crippen LogP contribution in [0.25, 0.3) is 0 Å². The third-order valence-electron chi connectivity index (χ3n) is 3.39. The number of aliphatic imine (C=N–C) groups is 1. The van der Waals surface area contributed by atoms with E-state index in [2.05, 4.69) is 26.0 Å². The lowest BCUT2D eigenvalue weighted by Gasteiger charge is -2.11. The van der Waals surface area contributed by atoms with Gasteiger partial charge in [0, 0.05) is 31.9 Å². The number of benzene rings is 1. The smallest absolute Gasteiger partial charge is 0.190 e. The van der Waals surface area contributed by atoms with Crippen LogP contribution in [0.5, 0.6) is 0 Å². The first kappa shape index (κ1) is 20.8. The lowest BCUT2D eigenvalue weighted by molar-refractivity contribution is 0.624. The Morgan fingerprint density at radius 2 is 2.04 bits per heavy atom. The molecule has 4 nitrogen and oxygen atoms in total. The van der Waals surface area contributed by atoms with Crippen molar-refractivity contribution in [2.24, 2.45) is 4.99 Å². The molecule has 132 valence electrons. The number of halogens is 2. The molecular formula is C17H24FIN4S. The second kappa shape index (κ2) is 11.4. The van der Waals surface area contributed by atoms with Crippen LogP contribution in [-0.2, 0) is 12.8 Å². The van der Waals surface area contributed by atoms with E-state index in [0.29, 0.717) is 0 Å². The molecule has 2 rings (SSSR count). The molecule has 0 radical (unpaired) electrons. The van der Waals surface area contributed by atoms with Crippen molar-refractivity contribution in [3.8, 4) is 0 Å². The van der Waals surface area contributed by atoms with E-state index >= 15 is 0 Å². The average Bonchev–Trinajstić information content (AvgIpc) is 2.95. The van der Waals surface area contributed by atoms with Crippen molar-refractivity contribution in [3.05, 3.63) is 51.7 Å². The number of thiazole rings is 1. The predicted molar refractivity (Wildman–Crippen MR) is 110 cm³/mol. The molecule has 0 fully saturated rings. The molecule has 0 aliphatic heterocycles. The molecule has 0 saturated heterocycles. The summed E-state index contributed by atoms with van der Waals surface area (Å²) in [6.07, 6.45) is 2.66. The van der Waals surface area contributed by atoms with Gasteiger partial charge in [-0.15, -0.1) is 35.3 Å². The van der Waals surface area contributed by atoms with E-state index in [0.717, 1.165) is 54.6 Å². The van der Waals surface area contributed by atoms with Gasteiger partial charge in [-0.3, -0.25) is 4.99 Å². The Balaban J connectivity index is 0.00000288. The minimum atomic E-state index is -0.176. The Bertz CT molecular complexity index is 645. The number of aryl methyl sites for hydroxylation is 2. The van der Waals surface area contributed by atoms with Gasteiger partial charge in [-0.25, -0.2) is 9.37 Å². The van der Waals surface area contributed by atoms with Crippen LogP contribution in [-0.4, -0.2) is 31.1 Å². The zero-order valence-corrected chi connectivity index (χ0v) is 17.2. The highest BCUT2D eigenvalue weighted by Crippen LogP contribution is 2.08. The van der Waals surface area contributed by atoms with Crippen molar-refractivity contribution in [2.75, 3.05) is 20.1 Å². The van der Waals surface area contributed by atoms with Crippen molar-refractivity contribution < 1.29 is 4.39 Å². The number of hydrogen-bond acceptors (Lipinski definition) is 3. The molecule has 0 spiro atoms. The summed E-state index contributed by atoms with van der Waals surface area (Å²) in [5.41, 5.74) is 2.13. The molecule has 7 heteroatoms. The molecule has 0 unspecified atom stereocenters. The number of guanidine groups is 1. The zero-order chi connectivity index (χ0) is 16.5. The molecule has 0 atom stereocenters. The molecule has 2 N–H and O–H groups in total. The van der Waals surface area contributed by atoms with Gasteiger partial charge in [0.1, 0.15) is 5.82 Å². The number of hydrogen-bond donors (Lipinski definition) is 2. The Hall–Kier alpha value is -1.22. The first-order chi connectivity index (χ1) is 11.2. The summed E-state index contributed by atoms with van der Waals surface area (Å²) in [5.74, 6) is 0.612. The number of rotatable bonds is 7. The first-order valence-electron chi connectivity index (χ1n) is 7.77. The Kier molecular flexibility index (Phi) is 9.85. The Labute approximate surface area is 164 Å². The van der Waals surface area contributed by atoms with Gasteiger partial charge >= 0.3 is 0 Å². The largest absolute Gasteiger partial charge is 0.356 e. The summed E-state index contributed by atoms with van der Waals surface area (Å²) in [5, 5.41) is 9.74. The Morgan fingerprint density at radius 1 is 1.25 bits per heavy atom. The summed E-state index contributed by atoms with van der Waals surface area (Å²) in [4.78, 5) is 8.64. The maximum Gasteiger partial charge on any atom is 0.190 e. The van der Waals surface area contributed by atoms with E-state index in [1.807, 2.05) is 13.0 Å². The minimum Gasteiger partial charge on any atom is -0.356 e. The van der Waals surface area contributed by atoms with Crippen LogP contribution in [0.15, 0.2) is 34.6 Å². The summed E-state index contributed by atoms with van der Waals surface area (Å²) in [6.45, 7) is 3.61. The fourth-order valence-electron chi connectivity index (χ4n) is 2.24. The van der Waals surface area contributed by atoms with Gasteiger partial charge in [0.2, 0.25) is 0 Å². The quantitative estimate of drug-likeness (QED) is 0.287. The number of nitrogens with one attached hydrogen (secondary N) is 2. The molecule has 0 bridgehead atoms. The number of aromatic nitrogens is 1. The summed E-state index contributed by atoms with van der Waals surface area (Å²) < 4.78 is 13.1. The van der Waals surface area contributed by atoms with Crippen molar-refractivity contribution in [3.63, 3.8) is 0 Å². The van der Waals surface area contributed by atoms with E-state index in [9.17, 15) is 4.39 Å². The first-order valence-corrected chi connectivity index (χ1v) is 8.65. The standard InChI is InChI=1S/C17H23FN4S.HI/c1-13-22-16(12-23-13)8-10-21-17(19-2)20-9-4-6-14-5-3-7-15(18)11-14;/h3,5,7,11-12H,4,6,8-10H2,1-2H3,(H2,19,20,21);1H. The van der Waals surface area contributed by atoms with Gasteiger partial charge in [-0.2, -0.15) is 0 Å². The maximum absolute atomic E-state index is 13.1. The molecule has 0 saturated carbocycles. The van der Waals surface area contributed by atoms with Crippen LogP contribution in [0, 0.1) is 12.7 Å². The minimum absolute atomic E-state index is 0. The third-order valence-corrected chi connectivity index (χ3v) is 4.21. The van der Waals surface area contributed by atoms with Crippen molar-refractivity contribution in [1.82, 2.24) is 15.6 Å². The fourth-order valence-corrected chi connectivity index (χ4v) is 2.89. The van der Waals surface area contributed by atoms with Crippen molar-refractivity contribution in [2.45, 2.75) is 26.2 Å². The van der Waals surface area contributed by atoms with Gasteiger partial charge in [0.05, 0.1) is 10.7 Å². The molecule has 1 aromatic heterocycles. The van der Waals surface area contributed by atoms with Gasteiger partial charge in [0.15, 0.2) is 5.96 Å². The van der Waals surface area contributed by atoms with Crippen LogP contribution in [0.4, 0.5) is 4.39 Å². The van der Waals surface area contributed by atoms with E-state index in [4.69, 9.17) is 0 Å². The molecule has 0 aliphatic carbocycles. The highest BCUT2D eigenvalue weighted by molar-refractivity contribution is 14.0. The van der Waals surface area contributed by atoms with Gasteiger partial charge in [0.25, 0.3) is 0 Å². The average molecular weight is 462 g/mol. The third kappa shape index (κ3) is 7.57. The summed E-state index contributed by atoms with van der Waals surface area (Å²) in [6, 6.07) is 6.75. The van der Waals surface area contributed by atoms with Crippen LogP contribution in [0.1, 0.15) is 22.7 Å². The zero-order valence-electron chi connectivity index (χ0n) is 14.0. The van der Waals surface area contributed by atoms with E-state index in [1.54, 1.807) is 30.5 Å². The highest BCUT2D eigenvalue weighted by Gasteiger charge is 2.01. The normalized spacial score (nSPS) is 11.0. The van der Waals surface area contributed by atoms with Gasteiger partial charge in [-0.05, 0) is 37.5 Å². The summed E-state index contributed by atoms with van der Waals surface area (Å²) >= 11 is 1.67. The predicted octanol–water partition coefficient (Wildman–Crippen LogP) is 3.55.